The zero-order chi connectivity index (χ0) is 25.2. The van der Waals surface area contributed by atoms with E-state index in [0.717, 1.165) is 30.9 Å². The normalized spacial score (nSPS) is 12.9. The summed E-state index contributed by atoms with van der Waals surface area (Å²) in [5.41, 5.74) is 3.85. The second-order valence-electron chi connectivity index (χ2n) is 7.78. The van der Waals surface area contributed by atoms with Crippen LogP contribution in [-0.4, -0.2) is 18.2 Å². The van der Waals surface area contributed by atoms with Crippen LogP contribution in [0.2, 0.25) is 10.0 Å². The Morgan fingerprint density at radius 2 is 1.89 bits per heavy atom. The molecule has 0 saturated heterocycles. The number of aromatic nitrogens is 2. The Balaban J connectivity index is 1.76. The highest BCUT2D eigenvalue weighted by Gasteiger charge is 2.22. The van der Waals surface area contributed by atoms with E-state index >= 15 is 0 Å². The molecule has 0 aliphatic carbocycles. The first-order valence-electron chi connectivity index (χ1n) is 10.8. The van der Waals surface area contributed by atoms with Crippen LogP contribution >= 0.6 is 50.5 Å². The standard InChI is InChI=1S/C25H22BrCl2N3O2S2/c1-3-19-21(13-14-35(32,33)30-16(2)17-7-5-4-6-8-17)29-31(22-10-9-18(27)15-20(22)28)25(19)23-11-12-24(26)34-23/h4-16,30H,3H2,1-2H3/t16-/m0/s1. The number of thiophene rings is 1. The maximum atomic E-state index is 12.8. The van der Waals surface area contributed by atoms with Gasteiger partial charge in [0.05, 0.1) is 30.8 Å². The van der Waals surface area contributed by atoms with E-state index in [1.54, 1.807) is 34.2 Å². The zero-order valence-corrected chi connectivity index (χ0v) is 23.6. The molecule has 10 heteroatoms. The van der Waals surface area contributed by atoms with Crippen LogP contribution in [0, 0.1) is 0 Å². The van der Waals surface area contributed by atoms with Gasteiger partial charge in [-0.15, -0.1) is 11.3 Å². The lowest BCUT2D eigenvalue weighted by Gasteiger charge is -2.12. The average molecular weight is 611 g/mol. The van der Waals surface area contributed by atoms with Gasteiger partial charge in [-0.25, -0.2) is 17.8 Å². The number of halogens is 3. The molecule has 0 saturated carbocycles. The third-order valence-electron chi connectivity index (χ3n) is 5.36. The van der Waals surface area contributed by atoms with Crippen molar-refractivity contribution in [1.29, 1.82) is 0 Å². The Morgan fingerprint density at radius 3 is 2.51 bits per heavy atom. The van der Waals surface area contributed by atoms with Gasteiger partial charge in [0.15, 0.2) is 0 Å². The molecule has 0 spiro atoms. The second-order valence-corrected chi connectivity index (χ2v) is 12.7. The molecule has 4 aromatic rings. The summed E-state index contributed by atoms with van der Waals surface area (Å²) in [6, 6.07) is 18.2. The van der Waals surface area contributed by atoms with Crippen LogP contribution in [0.3, 0.4) is 0 Å². The lowest BCUT2D eigenvalue weighted by Crippen LogP contribution is -2.24. The molecule has 4 rings (SSSR count). The highest BCUT2D eigenvalue weighted by Crippen LogP contribution is 2.38. The van der Waals surface area contributed by atoms with Gasteiger partial charge < -0.3 is 0 Å². The van der Waals surface area contributed by atoms with E-state index in [1.807, 2.05) is 56.3 Å². The van der Waals surface area contributed by atoms with Crippen molar-refractivity contribution in [2.24, 2.45) is 0 Å². The van der Waals surface area contributed by atoms with Gasteiger partial charge in [-0.05, 0) is 71.2 Å². The van der Waals surface area contributed by atoms with Gasteiger partial charge in [0.25, 0.3) is 0 Å². The van der Waals surface area contributed by atoms with Crippen LogP contribution in [0.15, 0.2) is 69.9 Å². The molecule has 1 N–H and O–H groups in total. The molecule has 2 heterocycles. The fraction of sp³-hybridized carbons (Fsp3) is 0.160. The van der Waals surface area contributed by atoms with Crippen molar-refractivity contribution in [3.8, 4) is 16.3 Å². The lowest BCUT2D eigenvalue weighted by atomic mass is 10.1. The number of hydrogen-bond donors (Lipinski definition) is 1. The molecule has 0 amide bonds. The molecule has 35 heavy (non-hydrogen) atoms. The number of rotatable bonds is 8. The SMILES string of the molecule is CCc1c(C=CS(=O)(=O)N[C@@H](C)c2ccccc2)nn(-c2ccc(Cl)cc2Cl)c1-c1ccc(Br)s1. The Bertz CT molecular complexity index is 1480. The van der Waals surface area contributed by atoms with Crippen molar-refractivity contribution in [1.82, 2.24) is 14.5 Å². The molecular formula is C25H22BrCl2N3O2S2. The minimum atomic E-state index is -3.72. The lowest BCUT2D eigenvalue weighted by molar-refractivity contribution is 0.576. The number of nitrogens with one attached hydrogen (secondary N) is 1. The van der Waals surface area contributed by atoms with E-state index in [1.165, 1.54) is 6.08 Å². The van der Waals surface area contributed by atoms with Crippen molar-refractivity contribution < 1.29 is 8.42 Å². The molecule has 0 aliphatic heterocycles. The topological polar surface area (TPSA) is 64.0 Å². The van der Waals surface area contributed by atoms with Crippen LogP contribution in [-0.2, 0) is 16.4 Å². The van der Waals surface area contributed by atoms with Gasteiger partial charge in [-0.3, -0.25) is 0 Å². The summed E-state index contributed by atoms with van der Waals surface area (Å²) in [5, 5.41) is 6.90. The van der Waals surface area contributed by atoms with E-state index in [-0.39, 0.29) is 6.04 Å². The van der Waals surface area contributed by atoms with Crippen molar-refractivity contribution >= 4 is 66.6 Å². The highest BCUT2D eigenvalue weighted by molar-refractivity contribution is 9.11. The number of nitrogens with zero attached hydrogens (tertiary/aromatic N) is 2. The Labute approximate surface area is 227 Å². The summed E-state index contributed by atoms with van der Waals surface area (Å²) in [4.78, 5) is 0.977. The van der Waals surface area contributed by atoms with Crippen molar-refractivity contribution in [2.45, 2.75) is 26.3 Å². The molecule has 2 aromatic heterocycles. The van der Waals surface area contributed by atoms with E-state index in [9.17, 15) is 8.42 Å². The minimum Gasteiger partial charge on any atom is -0.230 e. The fourth-order valence-electron chi connectivity index (χ4n) is 3.72. The van der Waals surface area contributed by atoms with E-state index < -0.39 is 10.0 Å². The molecule has 0 fully saturated rings. The zero-order valence-electron chi connectivity index (χ0n) is 18.9. The first kappa shape index (κ1) is 26.1. The van der Waals surface area contributed by atoms with Gasteiger partial charge in [-0.1, -0.05) is 60.5 Å². The second kappa shape index (κ2) is 11.0. The molecule has 0 unspecified atom stereocenters. The number of hydrogen-bond acceptors (Lipinski definition) is 4. The summed E-state index contributed by atoms with van der Waals surface area (Å²) in [6.07, 6.45) is 2.18. The molecule has 5 nitrogen and oxygen atoms in total. The average Bonchev–Trinajstić information content (AvgIpc) is 3.41. The van der Waals surface area contributed by atoms with Gasteiger partial charge in [0.2, 0.25) is 10.0 Å². The fourth-order valence-corrected chi connectivity index (χ4v) is 6.67. The van der Waals surface area contributed by atoms with Crippen molar-refractivity contribution in [3.63, 3.8) is 0 Å². The smallest absolute Gasteiger partial charge is 0.230 e. The van der Waals surface area contributed by atoms with E-state index in [0.29, 0.717) is 27.8 Å². The van der Waals surface area contributed by atoms with Gasteiger partial charge >= 0.3 is 0 Å². The molecule has 0 bridgehead atoms. The molecule has 0 radical (unpaired) electrons. The maximum absolute atomic E-state index is 12.8. The minimum absolute atomic E-state index is 0.374. The van der Waals surface area contributed by atoms with E-state index in [2.05, 4.69) is 20.7 Å². The summed E-state index contributed by atoms with van der Waals surface area (Å²) in [7, 11) is -3.72. The van der Waals surface area contributed by atoms with Gasteiger partial charge in [0.1, 0.15) is 0 Å². The number of sulfonamides is 1. The van der Waals surface area contributed by atoms with Crippen LogP contribution in [0.1, 0.15) is 36.7 Å². The van der Waals surface area contributed by atoms with Gasteiger partial charge in [0, 0.05) is 22.0 Å². The molecule has 2 aromatic carbocycles. The maximum Gasteiger partial charge on any atom is 0.234 e. The van der Waals surface area contributed by atoms with Gasteiger partial charge in [-0.2, -0.15) is 5.10 Å². The summed E-state index contributed by atoms with van der Waals surface area (Å²) in [6.45, 7) is 3.82. The first-order valence-corrected chi connectivity index (χ1v) is 14.7. The van der Waals surface area contributed by atoms with E-state index in [4.69, 9.17) is 28.3 Å². The summed E-state index contributed by atoms with van der Waals surface area (Å²) >= 11 is 17.7. The van der Waals surface area contributed by atoms with Crippen LogP contribution in [0.5, 0.6) is 0 Å². The third kappa shape index (κ3) is 6.07. The van der Waals surface area contributed by atoms with Crippen molar-refractivity contribution in [3.05, 3.63) is 96.7 Å². The largest absolute Gasteiger partial charge is 0.234 e. The highest BCUT2D eigenvalue weighted by atomic mass is 79.9. The summed E-state index contributed by atoms with van der Waals surface area (Å²) in [5.74, 6) is 0. The first-order chi connectivity index (χ1) is 16.7. The predicted octanol–water partition coefficient (Wildman–Crippen LogP) is 7.88. The predicted molar refractivity (Wildman–Crippen MR) is 150 cm³/mol. The summed E-state index contributed by atoms with van der Waals surface area (Å²) < 4.78 is 31.1. The molecule has 0 aliphatic rings. The Hall–Kier alpha value is -1.94. The van der Waals surface area contributed by atoms with Crippen molar-refractivity contribution in [2.75, 3.05) is 0 Å². The van der Waals surface area contributed by atoms with Crippen LogP contribution in [0.4, 0.5) is 0 Å². The Morgan fingerprint density at radius 1 is 1.14 bits per heavy atom. The monoisotopic (exact) mass is 609 g/mol. The number of benzene rings is 2. The van der Waals surface area contributed by atoms with Crippen LogP contribution < -0.4 is 4.72 Å². The van der Waals surface area contributed by atoms with Crippen LogP contribution in [0.25, 0.3) is 22.3 Å². The molecule has 182 valence electrons. The molecular weight excluding hydrogens is 589 g/mol. The quantitative estimate of drug-likeness (QED) is 0.221. The Kier molecular flexibility index (Phi) is 8.20. The third-order valence-corrected chi connectivity index (χ3v) is 8.70. The molecule has 1 atom stereocenters.